The Morgan fingerprint density at radius 2 is 2.06 bits per heavy atom. The molecule has 1 amide bonds. The first kappa shape index (κ1) is 24.8. The van der Waals surface area contributed by atoms with E-state index < -0.39 is 10.0 Å². The Morgan fingerprint density at radius 1 is 1.28 bits per heavy atom. The van der Waals surface area contributed by atoms with Gasteiger partial charge in [0.2, 0.25) is 10.0 Å². The molecular weight excluding hydrogens is 434 g/mol. The van der Waals surface area contributed by atoms with Gasteiger partial charge in [0, 0.05) is 39.1 Å². The molecule has 0 saturated carbocycles. The molecule has 0 radical (unpaired) electrons. The van der Waals surface area contributed by atoms with Crippen molar-refractivity contribution in [2.75, 3.05) is 59.3 Å². The standard InChI is InChI=1S/C22H35N3O6S/c1-16-12-18(21-19(13-16)30-10-5-11-31-21)22(26)23-14-17-6-9-25(15-20(17)29-2)8-4-7-24-32(3,27)28/h12-13,17,20,24H,4-11,14-15H2,1-3H3,(H,23,26)/t17-,20+/m0/s1. The summed E-state index contributed by atoms with van der Waals surface area (Å²) in [7, 11) is -1.46. The van der Waals surface area contributed by atoms with Crippen LogP contribution < -0.4 is 19.5 Å². The van der Waals surface area contributed by atoms with E-state index in [9.17, 15) is 13.2 Å². The third-order valence-corrected chi connectivity index (χ3v) is 6.59. The number of fused-ring (bicyclic) bond motifs is 1. The summed E-state index contributed by atoms with van der Waals surface area (Å²) in [6.07, 6.45) is 3.59. The molecule has 10 heteroatoms. The van der Waals surface area contributed by atoms with E-state index in [0.717, 1.165) is 44.5 Å². The van der Waals surface area contributed by atoms with Gasteiger partial charge >= 0.3 is 0 Å². The van der Waals surface area contributed by atoms with Crippen molar-refractivity contribution in [3.05, 3.63) is 23.3 Å². The first-order chi connectivity index (χ1) is 15.3. The van der Waals surface area contributed by atoms with Crippen LogP contribution in [0, 0.1) is 12.8 Å². The number of amides is 1. The zero-order valence-electron chi connectivity index (χ0n) is 19.2. The van der Waals surface area contributed by atoms with Crippen LogP contribution in [0.2, 0.25) is 0 Å². The fourth-order valence-corrected chi connectivity index (χ4v) is 4.71. The van der Waals surface area contributed by atoms with Crippen LogP contribution in [0.5, 0.6) is 11.5 Å². The van der Waals surface area contributed by atoms with Crippen LogP contribution in [-0.2, 0) is 14.8 Å². The molecule has 0 aromatic heterocycles. The molecule has 0 spiro atoms. The molecule has 1 aromatic carbocycles. The fraction of sp³-hybridized carbons (Fsp3) is 0.682. The highest BCUT2D eigenvalue weighted by molar-refractivity contribution is 7.88. The van der Waals surface area contributed by atoms with E-state index in [0.29, 0.717) is 43.4 Å². The van der Waals surface area contributed by atoms with E-state index in [1.165, 1.54) is 6.26 Å². The molecule has 2 heterocycles. The number of sulfonamides is 1. The van der Waals surface area contributed by atoms with Crippen LogP contribution in [-0.4, -0.2) is 84.6 Å². The number of carbonyl (C=O) groups is 1. The summed E-state index contributed by atoms with van der Waals surface area (Å²) in [6.45, 7) is 6.43. The second-order valence-electron chi connectivity index (χ2n) is 8.54. The molecule has 0 aliphatic carbocycles. The van der Waals surface area contributed by atoms with Crippen molar-refractivity contribution in [2.24, 2.45) is 5.92 Å². The van der Waals surface area contributed by atoms with Gasteiger partial charge in [-0.3, -0.25) is 4.79 Å². The largest absolute Gasteiger partial charge is 0.490 e. The first-order valence-electron chi connectivity index (χ1n) is 11.1. The van der Waals surface area contributed by atoms with Gasteiger partial charge in [-0.2, -0.15) is 0 Å². The second-order valence-corrected chi connectivity index (χ2v) is 10.4. The minimum atomic E-state index is -3.15. The molecule has 180 valence electrons. The number of rotatable bonds is 9. The van der Waals surface area contributed by atoms with Crippen LogP contribution in [0.3, 0.4) is 0 Å². The number of nitrogens with one attached hydrogen (secondary N) is 2. The Bertz CT molecular complexity index is 892. The minimum Gasteiger partial charge on any atom is -0.490 e. The Hall–Kier alpha value is -1.88. The van der Waals surface area contributed by atoms with Crippen LogP contribution >= 0.6 is 0 Å². The molecule has 32 heavy (non-hydrogen) atoms. The summed E-state index contributed by atoms with van der Waals surface area (Å²) in [5, 5.41) is 3.06. The number of ether oxygens (including phenoxy) is 3. The van der Waals surface area contributed by atoms with Gasteiger partial charge in [0.15, 0.2) is 11.5 Å². The Kier molecular flexibility index (Phi) is 8.75. The van der Waals surface area contributed by atoms with E-state index in [2.05, 4.69) is 14.9 Å². The highest BCUT2D eigenvalue weighted by Gasteiger charge is 2.30. The molecule has 0 bridgehead atoms. The maximum Gasteiger partial charge on any atom is 0.255 e. The first-order valence-corrected chi connectivity index (χ1v) is 13.0. The maximum absolute atomic E-state index is 13.0. The lowest BCUT2D eigenvalue weighted by Gasteiger charge is -2.38. The van der Waals surface area contributed by atoms with Crippen molar-refractivity contribution in [1.29, 1.82) is 0 Å². The molecule has 1 aromatic rings. The Morgan fingerprint density at radius 3 is 2.81 bits per heavy atom. The van der Waals surface area contributed by atoms with Crippen molar-refractivity contribution < 1.29 is 27.4 Å². The van der Waals surface area contributed by atoms with Gasteiger partial charge in [-0.25, -0.2) is 13.1 Å². The summed E-state index contributed by atoms with van der Waals surface area (Å²) in [5.41, 5.74) is 1.46. The Labute approximate surface area is 190 Å². The number of methoxy groups -OCH3 is 1. The summed E-state index contributed by atoms with van der Waals surface area (Å²) in [5.74, 6) is 1.18. The highest BCUT2D eigenvalue weighted by atomic mass is 32.2. The van der Waals surface area contributed by atoms with Crippen LogP contribution in [0.15, 0.2) is 12.1 Å². The number of likely N-dealkylation sites (tertiary alicyclic amines) is 1. The van der Waals surface area contributed by atoms with Crippen molar-refractivity contribution >= 4 is 15.9 Å². The number of nitrogens with zero attached hydrogens (tertiary/aromatic N) is 1. The minimum absolute atomic E-state index is 0.00104. The number of benzene rings is 1. The molecule has 1 saturated heterocycles. The average Bonchev–Trinajstić information content (AvgIpc) is 2.99. The number of hydrogen-bond acceptors (Lipinski definition) is 7. The van der Waals surface area contributed by atoms with Gasteiger partial charge in [-0.05, 0) is 50.6 Å². The fourth-order valence-electron chi connectivity index (χ4n) is 4.19. The maximum atomic E-state index is 13.0. The number of piperidine rings is 1. The lowest BCUT2D eigenvalue weighted by atomic mass is 9.93. The summed E-state index contributed by atoms with van der Waals surface area (Å²) in [6, 6.07) is 3.74. The van der Waals surface area contributed by atoms with Crippen LogP contribution in [0.1, 0.15) is 35.2 Å². The van der Waals surface area contributed by atoms with E-state index in [4.69, 9.17) is 14.2 Å². The lowest BCUT2D eigenvalue weighted by molar-refractivity contribution is -0.0105. The van der Waals surface area contributed by atoms with Crippen molar-refractivity contribution in [1.82, 2.24) is 14.9 Å². The van der Waals surface area contributed by atoms with E-state index >= 15 is 0 Å². The highest BCUT2D eigenvalue weighted by Crippen LogP contribution is 2.34. The average molecular weight is 470 g/mol. The zero-order chi connectivity index (χ0) is 23.1. The number of hydrogen-bond donors (Lipinski definition) is 2. The third kappa shape index (κ3) is 7.06. The molecule has 2 aliphatic heterocycles. The van der Waals surface area contributed by atoms with Crippen molar-refractivity contribution in [2.45, 2.75) is 32.3 Å². The van der Waals surface area contributed by atoms with E-state index in [1.54, 1.807) is 7.11 Å². The normalized spacial score (nSPS) is 21.7. The van der Waals surface area contributed by atoms with Crippen LogP contribution in [0.4, 0.5) is 0 Å². The van der Waals surface area contributed by atoms with Gasteiger partial charge in [0.25, 0.3) is 5.91 Å². The lowest BCUT2D eigenvalue weighted by Crippen LogP contribution is -2.49. The molecule has 9 nitrogen and oxygen atoms in total. The quantitative estimate of drug-likeness (QED) is 0.523. The predicted molar refractivity (Wildman–Crippen MR) is 122 cm³/mol. The van der Waals surface area contributed by atoms with Crippen molar-refractivity contribution in [3.63, 3.8) is 0 Å². The molecule has 3 rings (SSSR count). The SMILES string of the molecule is CO[C@@H]1CN(CCCNS(C)(=O)=O)CC[C@H]1CNC(=O)c1cc(C)cc2c1OCCCO2. The molecular formula is C22H35N3O6S. The van der Waals surface area contributed by atoms with E-state index in [-0.39, 0.29) is 17.9 Å². The summed E-state index contributed by atoms with van der Waals surface area (Å²) >= 11 is 0. The van der Waals surface area contributed by atoms with E-state index in [1.807, 2.05) is 19.1 Å². The van der Waals surface area contributed by atoms with Crippen molar-refractivity contribution in [3.8, 4) is 11.5 Å². The number of aryl methyl sites for hydroxylation is 1. The molecule has 2 atom stereocenters. The smallest absolute Gasteiger partial charge is 0.255 e. The van der Waals surface area contributed by atoms with Gasteiger partial charge in [-0.1, -0.05) is 0 Å². The van der Waals surface area contributed by atoms with Gasteiger partial charge < -0.3 is 24.4 Å². The molecule has 2 aliphatic rings. The second kappa shape index (κ2) is 11.3. The zero-order valence-corrected chi connectivity index (χ0v) is 20.0. The third-order valence-electron chi connectivity index (χ3n) is 5.86. The molecule has 2 N–H and O–H groups in total. The summed E-state index contributed by atoms with van der Waals surface area (Å²) < 4.78 is 42.1. The Balaban J connectivity index is 1.52. The molecule has 0 unspecified atom stereocenters. The molecule has 1 fully saturated rings. The van der Waals surface area contributed by atoms with Gasteiger partial charge in [0.05, 0.1) is 31.1 Å². The van der Waals surface area contributed by atoms with Crippen LogP contribution in [0.25, 0.3) is 0 Å². The summed E-state index contributed by atoms with van der Waals surface area (Å²) in [4.78, 5) is 15.3. The van der Waals surface area contributed by atoms with Gasteiger partial charge in [0.1, 0.15) is 0 Å². The monoisotopic (exact) mass is 469 g/mol. The predicted octanol–water partition coefficient (Wildman–Crippen LogP) is 1.16. The number of carbonyl (C=O) groups excluding carboxylic acids is 1. The van der Waals surface area contributed by atoms with Gasteiger partial charge in [-0.15, -0.1) is 0 Å². The topological polar surface area (TPSA) is 106 Å².